The Kier molecular flexibility index (Phi) is 3.52. The van der Waals surface area contributed by atoms with E-state index in [-0.39, 0.29) is 5.69 Å². The van der Waals surface area contributed by atoms with Crippen LogP contribution in [0.4, 0.5) is 0 Å². The molecule has 0 aliphatic carbocycles. The van der Waals surface area contributed by atoms with Crippen LogP contribution >= 0.6 is 15.9 Å². The van der Waals surface area contributed by atoms with Crippen molar-refractivity contribution < 1.29 is 0 Å². The molecule has 0 aliphatic heterocycles. The van der Waals surface area contributed by atoms with Gasteiger partial charge in [-0.25, -0.2) is 4.79 Å². The summed E-state index contributed by atoms with van der Waals surface area (Å²) in [5.74, 6) is 0. The molecule has 3 rings (SSSR count). The van der Waals surface area contributed by atoms with Gasteiger partial charge in [0, 0.05) is 4.47 Å². The van der Waals surface area contributed by atoms with Gasteiger partial charge in [0.15, 0.2) is 0 Å². The van der Waals surface area contributed by atoms with E-state index in [0.717, 1.165) is 15.7 Å². The van der Waals surface area contributed by atoms with Crippen LogP contribution in [0.5, 0.6) is 0 Å². The lowest BCUT2D eigenvalue weighted by Gasteiger charge is -2.01. The third kappa shape index (κ3) is 2.58. The molecule has 4 nitrogen and oxygen atoms in total. The quantitative estimate of drug-likeness (QED) is 0.741. The first-order valence-corrected chi connectivity index (χ1v) is 6.98. The van der Waals surface area contributed by atoms with E-state index in [0.29, 0.717) is 6.54 Å². The van der Waals surface area contributed by atoms with Gasteiger partial charge >= 0.3 is 5.69 Å². The highest BCUT2D eigenvalue weighted by Gasteiger charge is 2.07. The molecule has 0 unspecified atom stereocenters. The summed E-state index contributed by atoms with van der Waals surface area (Å²) in [6.45, 7) is 0.524. The van der Waals surface area contributed by atoms with Crippen molar-refractivity contribution in [3.05, 3.63) is 81.4 Å². The summed E-state index contributed by atoms with van der Waals surface area (Å²) < 4.78 is 3.96. The Morgan fingerprint density at radius 3 is 2.40 bits per heavy atom. The van der Waals surface area contributed by atoms with Gasteiger partial charge in [-0.1, -0.05) is 46.3 Å². The molecule has 0 amide bonds. The summed E-state index contributed by atoms with van der Waals surface area (Å²) in [4.78, 5) is 12.3. The molecule has 0 N–H and O–H groups in total. The average molecular weight is 330 g/mol. The highest BCUT2D eigenvalue weighted by Crippen LogP contribution is 2.12. The van der Waals surface area contributed by atoms with Crippen molar-refractivity contribution in [1.29, 1.82) is 0 Å². The van der Waals surface area contributed by atoms with Crippen LogP contribution in [0, 0.1) is 0 Å². The molecule has 20 heavy (non-hydrogen) atoms. The fraction of sp³-hybridized carbons (Fsp3) is 0.0667. The molecular formula is C15H12BrN3O. The molecule has 0 fully saturated rings. The van der Waals surface area contributed by atoms with E-state index >= 15 is 0 Å². The molecule has 5 heteroatoms. The van der Waals surface area contributed by atoms with Crippen molar-refractivity contribution in [2.24, 2.45) is 0 Å². The second-order valence-corrected chi connectivity index (χ2v) is 5.33. The number of rotatable bonds is 3. The zero-order valence-electron chi connectivity index (χ0n) is 10.6. The van der Waals surface area contributed by atoms with Crippen LogP contribution in [0.1, 0.15) is 5.56 Å². The van der Waals surface area contributed by atoms with Crippen LogP contribution in [0.15, 0.2) is 70.2 Å². The zero-order valence-corrected chi connectivity index (χ0v) is 12.2. The van der Waals surface area contributed by atoms with Crippen molar-refractivity contribution >= 4 is 15.9 Å². The SMILES string of the molecule is O=c1n(Cc2ccccc2)cnn1-c1ccc(Br)cc1. The first kappa shape index (κ1) is 12.9. The summed E-state index contributed by atoms with van der Waals surface area (Å²) in [6, 6.07) is 17.3. The second kappa shape index (κ2) is 5.46. The molecule has 0 saturated carbocycles. The Hall–Kier alpha value is -2.14. The molecule has 3 aromatic rings. The highest BCUT2D eigenvalue weighted by molar-refractivity contribution is 9.10. The van der Waals surface area contributed by atoms with Gasteiger partial charge in [0.25, 0.3) is 0 Å². The monoisotopic (exact) mass is 329 g/mol. The van der Waals surface area contributed by atoms with E-state index in [4.69, 9.17) is 0 Å². The van der Waals surface area contributed by atoms with Crippen LogP contribution in [-0.4, -0.2) is 14.3 Å². The van der Waals surface area contributed by atoms with Crippen molar-refractivity contribution in [3.63, 3.8) is 0 Å². The van der Waals surface area contributed by atoms with E-state index in [2.05, 4.69) is 21.0 Å². The minimum Gasteiger partial charge on any atom is -0.277 e. The number of benzene rings is 2. The summed E-state index contributed by atoms with van der Waals surface area (Å²) in [5, 5.41) is 4.16. The van der Waals surface area contributed by atoms with Gasteiger partial charge < -0.3 is 0 Å². The standard InChI is InChI=1S/C15H12BrN3O/c16-13-6-8-14(9-7-13)19-15(20)18(11-17-19)10-12-4-2-1-3-5-12/h1-9,11H,10H2. The van der Waals surface area contributed by atoms with Gasteiger partial charge in [0.1, 0.15) is 6.33 Å². The fourth-order valence-corrected chi connectivity index (χ4v) is 2.25. The number of nitrogens with zero attached hydrogens (tertiary/aromatic N) is 3. The van der Waals surface area contributed by atoms with Gasteiger partial charge in [0.2, 0.25) is 0 Å². The van der Waals surface area contributed by atoms with Crippen LogP contribution in [0.3, 0.4) is 0 Å². The third-order valence-electron chi connectivity index (χ3n) is 3.00. The van der Waals surface area contributed by atoms with E-state index in [1.54, 1.807) is 10.9 Å². The van der Waals surface area contributed by atoms with E-state index in [1.165, 1.54) is 4.68 Å². The maximum absolute atomic E-state index is 12.3. The predicted molar refractivity (Wildman–Crippen MR) is 81.1 cm³/mol. The smallest absolute Gasteiger partial charge is 0.277 e. The Bertz CT molecular complexity index is 760. The predicted octanol–water partition coefficient (Wildman–Crippen LogP) is 2.84. The van der Waals surface area contributed by atoms with Gasteiger partial charge in [-0.2, -0.15) is 9.78 Å². The summed E-state index contributed by atoms with van der Waals surface area (Å²) in [7, 11) is 0. The largest absolute Gasteiger partial charge is 0.350 e. The Balaban J connectivity index is 1.93. The zero-order chi connectivity index (χ0) is 13.9. The fourth-order valence-electron chi connectivity index (χ4n) is 1.98. The van der Waals surface area contributed by atoms with Crippen molar-refractivity contribution in [1.82, 2.24) is 14.3 Å². The lowest BCUT2D eigenvalue weighted by atomic mass is 10.2. The molecule has 0 spiro atoms. The van der Waals surface area contributed by atoms with E-state index in [9.17, 15) is 4.79 Å². The maximum atomic E-state index is 12.3. The van der Waals surface area contributed by atoms with Gasteiger partial charge in [-0.05, 0) is 29.8 Å². The molecule has 0 aliphatic rings. The van der Waals surface area contributed by atoms with Gasteiger partial charge in [0.05, 0.1) is 12.2 Å². The topological polar surface area (TPSA) is 39.8 Å². The molecule has 2 aromatic carbocycles. The molecule has 0 atom stereocenters. The van der Waals surface area contributed by atoms with Crippen LogP contribution in [0.2, 0.25) is 0 Å². The number of halogens is 1. The van der Waals surface area contributed by atoms with Gasteiger partial charge in [-0.15, -0.1) is 0 Å². The Morgan fingerprint density at radius 2 is 1.70 bits per heavy atom. The van der Waals surface area contributed by atoms with Crippen molar-refractivity contribution in [2.45, 2.75) is 6.54 Å². The summed E-state index contributed by atoms with van der Waals surface area (Å²) >= 11 is 3.37. The molecule has 100 valence electrons. The Labute approximate surface area is 124 Å². The van der Waals surface area contributed by atoms with Crippen LogP contribution in [0.25, 0.3) is 5.69 Å². The van der Waals surface area contributed by atoms with E-state index < -0.39 is 0 Å². The lowest BCUT2D eigenvalue weighted by molar-refractivity contribution is 0.738. The lowest BCUT2D eigenvalue weighted by Crippen LogP contribution is -2.23. The molecule has 0 bridgehead atoms. The minimum atomic E-state index is -0.142. The van der Waals surface area contributed by atoms with Crippen LogP contribution in [-0.2, 0) is 6.54 Å². The summed E-state index contributed by atoms with van der Waals surface area (Å²) in [6.07, 6.45) is 1.57. The van der Waals surface area contributed by atoms with E-state index in [1.807, 2.05) is 54.6 Å². The normalized spacial score (nSPS) is 10.7. The second-order valence-electron chi connectivity index (χ2n) is 4.42. The van der Waals surface area contributed by atoms with Crippen LogP contribution < -0.4 is 5.69 Å². The highest BCUT2D eigenvalue weighted by atomic mass is 79.9. The molecule has 1 heterocycles. The maximum Gasteiger partial charge on any atom is 0.350 e. The first-order valence-electron chi connectivity index (χ1n) is 6.18. The number of hydrogen-bond donors (Lipinski definition) is 0. The third-order valence-corrected chi connectivity index (χ3v) is 3.53. The number of hydrogen-bond acceptors (Lipinski definition) is 2. The van der Waals surface area contributed by atoms with Crippen molar-refractivity contribution in [2.75, 3.05) is 0 Å². The minimum absolute atomic E-state index is 0.142. The summed E-state index contributed by atoms with van der Waals surface area (Å²) in [5.41, 5.74) is 1.69. The average Bonchev–Trinajstić information content (AvgIpc) is 2.83. The van der Waals surface area contributed by atoms with Gasteiger partial charge in [-0.3, -0.25) is 4.57 Å². The Morgan fingerprint density at radius 1 is 1.00 bits per heavy atom. The first-order chi connectivity index (χ1) is 9.74. The molecular weight excluding hydrogens is 318 g/mol. The molecule has 0 radical (unpaired) electrons. The molecule has 0 saturated heterocycles. The number of aromatic nitrogens is 3. The van der Waals surface area contributed by atoms with Crippen molar-refractivity contribution in [3.8, 4) is 5.69 Å². The molecule has 1 aromatic heterocycles.